The molecule has 5 nitrogen and oxygen atoms in total. The molecule has 2 aromatic carbocycles. The van der Waals surface area contributed by atoms with Crippen molar-refractivity contribution < 1.29 is 4.74 Å². The minimum Gasteiger partial charge on any atom is -0.496 e. The fraction of sp³-hybridized carbons (Fsp3) is 0.167. The van der Waals surface area contributed by atoms with Gasteiger partial charge in [-0.25, -0.2) is 0 Å². The number of hydrogen-bond acceptors (Lipinski definition) is 5. The van der Waals surface area contributed by atoms with Gasteiger partial charge in [-0.2, -0.15) is 9.19 Å². The monoisotopic (exact) mass is 338 g/mol. The van der Waals surface area contributed by atoms with Crippen molar-refractivity contribution in [3.05, 3.63) is 60.2 Å². The second-order valence-electron chi connectivity index (χ2n) is 5.58. The number of hydrogen-bond donors (Lipinski definition) is 2. The minimum atomic E-state index is 0.0559. The Bertz CT molecular complexity index is 853. The van der Waals surface area contributed by atoms with Crippen molar-refractivity contribution in [1.29, 1.82) is 0 Å². The molecular weight excluding hydrogens is 320 g/mol. The standard InChI is InChI=1S/C18H18N4OS/c1-12-7-3-5-9-14(12)19-18-20-17-11-15(21-22(17)24-18)13-8-4-6-10-16(13)23-2/h3-11,18-20H,1-2H3/t18-/m1/s1. The Hall–Kier alpha value is -2.60. The summed E-state index contributed by atoms with van der Waals surface area (Å²) in [5, 5.41) is 11.6. The highest BCUT2D eigenvalue weighted by Gasteiger charge is 2.25. The summed E-state index contributed by atoms with van der Waals surface area (Å²) in [6, 6.07) is 18.2. The third-order valence-electron chi connectivity index (χ3n) is 3.98. The van der Waals surface area contributed by atoms with Gasteiger partial charge < -0.3 is 15.4 Å². The van der Waals surface area contributed by atoms with Gasteiger partial charge in [-0.05, 0) is 30.7 Å². The van der Waals surface area contributed by atoms with Gasteiger partial charge in [0.15, 0.2) is 5.50 Å². The highest BCUT2D eigenvalue weighted by molar-refractivity contribution is 7.98. The first-order chi connectivity index (χ1) is 11.7. The van der Waals surface area contributed by atoms with Crippen LogP contribution in [-0.4, -0.2) is 21.8 Å². The molecule has 1 aliphatic heterocycles. The Labute approximate surface area is 145 Å². The predicted octanol–water partition coefficient (Wildman–Crippen LogP) is 4.18. The molecule has 0 bridgehead atoms. The summed E-state index contributed by atoms with van der Waals surface area (Å²) in [4.78, 5) is 0. The molecule has 2 N–H and O–H groups in total. The topological polar surface area (TPSA) is 51.1 Å². The van der Waals surface area contributed by atoms with Crippen molar-refractivity contribution >= 4 is 23.5 Å². The zero-order valence-corrected chi connectivity index (χ0v) is 14.3. The lowest BCUT2D eigenvalue weighted by Gasteiger charge is -2.15. The summed E-state index contributed by atoms with van der Waals surface area (Å²) in [5.41, 5.74) is 4.29. The normalized spacial score (nSPS) is 15.7. The highest BCUT2D eigenvalue weighted by atomic mass is 32.2. The molecule has 24 heavy (non-hydrogen) atoms. The number of anilines is 2. The van der Waals surface area contributed by atoms with E-state index in [2.05, 4.69) is 34.8 Å². The van der Waals surface area contributed by atoms with Crippen LogP contribution in [0.1, 0.15) is 5.56 Å². The number of nitrogens with one attached hydrogen (secondary N) is 2. The lowest BCUT2D eigenvalue weighted by Crippen LogP contribution is -2.21. The quantitative estimate of drug-likeness (QED) is 0.747. The molecule has 1 aliphatic rings. The van der Waals surface area contributed by atoms with Crippen molar-refractivity contribution in [2.45, 2.75) is 12.4 Å². The summed E-state index contributed by atoms with van der Waals surface area (Å²) in [6.45, 7) is 2.10. The molecule has 122 valence electrons. The van der Waals surface area contributed by atoms with E-state index in [-0.39, 0.29) is 5.50 Å². The Balaban J connectivity index is 1.53. The van der Waals surface area contributed by atoms with Crippen LogP contribution in [0.4, 0.5) is 11.5 Å². The first-order valence-electron chi connectivity index (χ1n) is 7.74. The maximum atomic E-state index is 5.43. The highest BCUT2D eigenvalue weighted by Crippen LogP contribution is 2.36. The van der Waals surface area contributed by atoms with Crippen molar-refractivity contribution in [3.63, 3.8) is 0 Å². The first kappa shape index (κ1) is 15.0. The van der Waals surface area contributed by atoms with E-state index in [1.165, 1.54) is 5.56 Å². The van der Waals surface area contributed by atoms with Crippen molar-refractivity contribution in [3.8, 4) is 17.0 Å². The molecule has 0 spiro atoms. The smallest absolute Gasteiger partial charge is 0.168 e. The van der Waals surface area contributed by atoms with Gasteiger partial charge in [0.25, 0.3) is 0 Å². The Morgan fingerprint density at radius 2 is 1.96 bits per heavy atom. The van der Waals surface area contributed by atoms with Crippen molar-refractivity contribution in [1.82, 2.24) is 9.19 Å². The molecule has 0 aliphatic carbocycles. The molecular formula is C18H18N4OS. The zero-order chi connectivity index (χ0) is 16.5. The molecule has 0 saturated carbocycles. The molecule has 1 aromatic heterocycles. The molecule has 0 amide bonds. The van der Waals surface area contributed by atoms with Gasteiger partial charge in [-0.15, -0.1) is 0 Å². The average molecular weight is 338 g/mol. The number of ether oxygens (including phenoxy) is 1. The van der Waals surface area contributed by atoms with E-state index in [0.29, 0.717) is 0 Å². The number of fused-ring (bicyclic) bond motifs is 1. The van der Waals surface area contributed by atoms with Gasteiger partial charge >= 0.3 is 0 Å². The van der Waals surface area contributed by atoms with Crippen LogP contribution in [0.15, 0.2) is 54.6 Å². The second-order valence-corrected chi connectivity index (χ2v) is 6.61. The van der Waals surface area contributed by atoms with Crippen LogP contribution in [0.3, 0.4) is 0 Å². The number of rotatable bonds is 4. The van der Waals surface area contributed by atoms with Gasteiger partial charge in [-0.1, -0.05) is 30.3 Å². The fourth-order valence-corrected chi connectivity index (χ4v) is 3.64. The maximum Gasteiger partial charge on any atom is 0.168 e. The largest absolute Gasteiger partial charge is 0.496 e. The molecule has 6 heteroatoms. The molecule has 3 aromatic rings. The lowest BCUT2D eigenvalue weighted by molar-refractivity contribution is 0.416. The summed E-state index contributed by atoms with van der Waals surface area (Å²) >= 11 is 1.61. The third kappa shape index (κ3) is 2.69. The van der Waals surface area contributed by atoms with E-state index in [1.807, 2.05) is 46.6 Å². The van der Waals surface area contributed by atoms with Crippen LogP contribution in [0.2, 0.25) is 0 Å². The Morgan fingerprint density at radius 1 is 1.17 bits per heavy atom. The summed E-state index contributed by atoms with van der Waals surface area (Å²) in [7, 11) is 1.68. The molecule has 0 unspecified atom stereocenters. The number of benzene rings is 2. The van der Waals surface area contributed by atoms with Crippen LogP contribution < -0.4 is 15.4 Å². The minimum absolute atomic E-state index is 0.0559. The zero-order valence-electron chi connectivity index (χ0n) is 13.5. The summed E-state index contributed by atoms with van der Waals surface area (Å²) in [5.74, 6) is 1.81. The number of aromatic nitrogens is 2. The predicted molar refractivity (Wildman–Crippen MR) is 99.4 cm³/mol. The van der Waals surface area contributed by atoms with Crippen LogP contribution in [-0.2, 0) is 0 Å². The molecule has 4 rings (SSSR count). The van der Waals surface area contributed by atoms with Gasteiger partial charge in [-0.3, -0.25) is 0 Å². The van der Waals surface area contributed by atoms with Gasteiger partial charge in [0.2, 0.25) is 0 Å². The summed E-state index contributed by atoms with van der Waals surface area (Å²) < 4.78 is 7.34. The Kier molecular flexibility index (Phi) is 3.82. The van der Waals surface area contributed by atoms with Crippen molar-refractivity contribution in [2.75, 3.05) is 17.7 Å². The van der Waals surface area contributed by atoms with E-state index < -0.39 is 0 Å². The molecule has 0 saturated heterocycles. The van der Waals surface area contributed by atoms with Gasteiger partial charge in [0.1, 0.15) is 11.6 Å². The van der Waals surface area contributed by atoms with Crippen LogP contribution in [0.5, 0.6) is 5.75 Å². The SMILES string of the molecule is COc1ccccc1-c1cc2n(n1)S[C@H](Nc1ccccc1C)N2. The maximum absolute atomic E-state index is 5.43. The number of para-hydroxylation sites is 2. The summed E-state index contributed by atoms with van der Waals surface area (Å²) in [6.07, 6.45) is 0. The Morgan fingerprint density at radius 3 is 2.75 bits per heavy atom. The molecule has 1 atom stereocenters. The number of nitrogens with zero attached hydrogens (tertiary/aromatic N) is 2. The molecule has 2 heterocycles. The van der Waals surface area contributed by atoms with Crippen LogP contribution >= 0.6 is 11.9 Å². The molecule has 0 radical (unpaired) electrons. The van der Waals surface area contributed by atoms with E-state index in [1.54, 1.807) is 19.1 Å². The number of aryl methyl sites for hydroxylation is 1. The lowest BCUT2D eigenvalue weighted by atomic mass is 10.1. The fourth-order valence-electron chi connectivity index (χ4n) is 2.73. The third-order valence-corrected chi connectivity index (χ3v) is 4.90. The van der Waals surface area contributed by atoms with E-state index >= 15 is 0 Å². The van der Waals surface area contributed by atoms with E-state index in [4.69, 9.17) is 4.74 Å². The van der Waals surface area contributed by atoms with E-state index in [9.17, 15) is 0 Å². The van der Waals surface area contributed by atoms with Gasteiger partial charge in [0, 0.05) is 29.3 Å². The second kappa shape index (κ2) is 6.13. The molecule has 0 fully saturated rings. The number of methoxy groups -OCH3 is 1. The van der Waals surface area contributed by atoms with Gasteiger partial charge in [0.05, 0.1) is 12.8 Å². The first-order valence-corrected chi connectivity index (χ1v) is 8.57. The average Bonchev–Trinajstić information content (AvgIpc) is 3.15. The van der Waals surface area contributed by atoms with Crippen molar-refractivity contribution in [2.24, 2.45) is 0 Å². The van der Waals surface area contributed by atoms with Crippen LogP contribution in [0.25, 0.3) is 11.3 Å². The van der Waals surface area contributed by atoms with Crippen LogP contribution in [0, 0.1) is 6.92 Å². The van der Waals surface area contributed by atoms with E-state index in [0.717, 1.165) is 28.5 Å².